The van der Waals surface area contributed by atoms with E-state index in [1.807, 2.05) is 40.9 Å². The van der Waals surface area contributed by atoms with Crippen molar-refractivity contribution in [2.75, 3.05) is 7.11 Å². The third kappa shape index (κ3) is 3.16. The fraction of sp³-hybridized carbons (Fsp3) is 0.333. The molecule has 1 saturated carbocycles. The van der Waals surface area contributed by atoms with Crippen LogP contribution in [0.2, 0.25) is 0 Å². The van der Waals surface area contributed by atoms with E-state index in [1.54, 1.807) is 7.11 Å². The van der Waals surface area contributed by atoms with E-state index in [2.05, 4.69) is 12.6 Å². The third-order valence-corrected chi connectivity index (χ3v) is 5.11. The molecule has 0 spiro atoms. The standard InChI is InChI=1S/C21H23N3O/c1-15(16-6-3-4-7-16)14-20-22-21-9-5-8-19(24(21)23-20)17-10-12-18(25-2)13-11-17/h5,8-13,16H,1,3-4,6-7,14H2,2H3. The molecule has 25 heavy (non-hydrogen) atoms. The van der Waals surface area contributed by atoms with Crippen molar-refractivity contribution in [3.05, 3.63) is 60.4 Å². The zero-order valence-corrected chi connectivity index (χ0v) is 14.6. The average molecular weight is 333 g/mol. The van der Waals surface area contributed by atoms with Gasteiger partial charge in [-0.05, 0) is 55.2 Å². The summed E-state index contributed by atoms with van der Waals surface area (Å²) in [7, 11) is 1.68. The van der Waals surface area contributed by atoms with Gasteiger partial charge in [-0.15, -0.1) is 0 Å². The summed E-state index contributed by atoms with van der Waals surface area (Å²) in [6.07, 6.45) is 5.95. The van der Waals surface area contributed by atoms with Gasteiger partial charge in [0.25, 0.3) is 0 Å². The number of rotatable bonds is 5. The van der Waals surface area contributed by atoms with Crippen LogP contribution in [0.25, 0.3) is 16.9 Å². The summed E-state index contributed by atoms with van der Waals surface area (Å²) < 4.78 is 7.17. The molecule has 0 amide bonds. The van der Waals surface area contributed by atoms with Crippen LogP contribution in [0.4, 0.5) is 0 Å². The summed E-state index contributed by atoms with van der Waals surface area (Å²) in [5.41, 5.74) is 4.28. The Hall–Kier alpha value is -2.62. The van der Waals surface area contributed by atoms with Crippen molar-refractivity contribution in [3.63, 3.8) is 0 Å². The summed E-state index contributed by atoms with van der Waals surface area (Å²) in [6, 6.07) is 14.1. The Bertz CT molecular complexity index is 889. The Labute approximate surface area is 148 Å². The number of fused-ring (bicyclic) bond motifs is 1. The van der Waals surface area contributed by atoms with Crippen molar-refractivity contribution in [1.82, 2.24) is 14.6 Å². The molecule has 0 N–H and O–H groups in total. The Morgan fingerprint density at radius 1 is 1.16 bits per heavy atom. The Balaban J connectivity index is 1.64. The molecule has 2 aromatic heterocycles. The molecule has 4 rings (SSSR count). The Morgan fingerprint density at radius 2 is 1.92 bits per heavy atom. The molecule has 0 unspecified atom stereocenters. The highest BCUT2D eigenvalue weighted by molar-refractivity contribution is 5.63. The molecule has 0 atom stereocenters. The van der Waals surface area contributed by atoms with E-state index in [0.29, 0.717) is 5.92 Å². The molecule has 1 fully saturated rings. The summed E-state index contributed by atoms with van der Waals surface area (Å²) in [5.74, 6) is 2.36. The van der Waals surface area contributed by atoms with Gasteiger partial charge in [0.2, 0.25) is 0 Å². The second-order valence-corrected chi connectivity index (χ2v) is 6.75. The van der Waals surface area contributed by atoms with Crippen LogP contribution in [0.15, 0.2) is 54.6 Å². The molecular formula is C21H23N3O. The van der Waals surface area contributed by atoms with Crippen LogP contribution >= 0.6 is 0 Å². The van der Waals surface area contributed by atoms with Gasteiger partial charge < -0.3 is 4.74 Å². The summed E-state index contributed by atoms with van der Waals surface area (Å²) >= 11 is 0. The minimum atomic E-state index is 0.646. The van der Waals surface area contributed by atoms with Gasteiger partial charge in [0.15, 0.2) is 11.5 Å². The minimum absolute atomic E-state index is 0.646. The molecule has 1 aromatic carbocycles. The fourth-order valence-electron chi connectivity index (χ4n) is 3.69. The van der Waals surface area contributed by atoms with Crippen molar-refractivity contribution in [2.24, 2.45) is 5.92 Å². The molecule has 2 heterocycles. The number of hydrogen-bond acceptors (Lipinski definition) is 3. The first-order valence-corrected chi connectivity index (χ1v) is 8.91. The van der Waals surface area contributed by atoms with Gasteiger partial charge in [-0.2, -0.15) is 5.10 Å². The van der Waals surface area contributed by atoms with E-state index in [4.69, 9.17) is 14.8 Å². The van der Waals surface area contributed by atoms with Crippen LogP contribution in [-0.2, 0) is 6.42 Å². The lowest BCUT2D eigenvalue weighted by atomic mass is 9.96. The highest BCUT2D eigenvalue weighted by atomic mass is 16.5. The maximum absolute atomic E-state index is 5.24. The molecule has 0 aliphatic heterocycles. The van der Waals surface area contributed by atoms with E-state index in [-0.39, 0.29) is 0 Å². The second kappa shape index (κ2) is 6.71. The molecular weight excluding hydrogens is 310 g/mol. The van der Waals surface area contributed by atoms with Crippen LogP contribution in [0, 0.1) is 5.92 Å². The second-order valence-electron chi connectivity index (χ2n) is 6.75. The third-order valence-electron chi connectivity index (χ3n) is 5.11. The summed E-state index contributed by atoms with van der Waals surface area (Å²) in [5, 5.41) is 4.76. The van der Waals surface area contributed by atoms with Crippen LogP contribution in [0.5, 0.6) is 5.75 Å². The number of pyridine rings is 1. The molecule has 0 radical (unpaired) electrons. The van der Waals surface area contributed by atoms with Gasteiger partial charge in [-0.25, -0.2) is 9.50 Å². The van der Waals surface area contributed by atoms with Crippen LogP contribution in [-0.4, -0.2) is 21.7 Å². The molecule has 128 valence electrons. The van der Waals surface area contributed by atoms with Gasteiger partial charge in [0.1, 0.15) is 5.75 Å². The van der Waals surface area contributed by atoms with Crippen LogP contribution in [0.3, 0.4) is 0 Å². The Morgan fingerprint density at radius 3 is 2.64 bits per heavy atom. The first-order chi connectivity index (χ1) is 12.2. The zero-order chi connectivity index (χ0) is 17.2. The highest BCUT2D eigenvalue weighted by Gasteiger charge is 2.19. The molecule has 3 aromatic rings. The quantitative estimate of drug-likeness (QED) is 0.636. The van der Waals surface area contributed by atoms with Crippen molar-refractivity contribution in [1.29, 1.82) is 0 Å². The van der Waals surface area contributed by atoms with Gasteiger partial charge in [0.05, 0.1) is 12.8 Å². The lowest BCUT2D eigenvalue weighted by molar-refractivity contribution is 0.415. The predicted octanol–water partition coefficient (Wildman–Crippen LogP) is 4.69. The van der Waals surface area contributed by atoms with Gasteiger partial charge in [-0.3, -0.25) is 0 Å². The average Bonchev–Trinajstić information content (AvgIpc) is 3.30. The first kappa shape index (κ1) is 15.9. The number of nitrogens with zero attached hydrogens (tertiary/aromatic N) is 3. The number of benzene rings is 1. The summed E-state index contributed by atoms with van der Waals surface area (Å²) in [4.78, 5) is 4.71. The normalized spacial score (nSPS) is 14.9. The molecule has 4 heteroatoms. The summed E-state index contributed by atoms with van der Waals surface area (Å²) in [6.45, 7) is 4.30. The van der Waals surface area contributed by atoms with E-state index in [9.17, 15) is 0 Å². The lowest BCUT2D eigenvalue weighted by Crippen LogP contribution is -2.02. The Kier molecular flexibility index (Phi) is 4.26. The first-order valence-electron chi connectivity index (χ1n) is 8.91. The van der Waals surface area contributed by atoms with Gasteiger partial charge >= 0.3 is 0 Å². The number of allylic oxidation sites excluding steroid dienone is 1. The smallest absolute Gasteiger partial charge is 0.156 e. The van der Waals surface area contributed by atoms with Crippen molar-refractivity contribution < 1.29 is 4.74 Å². The van der Waals surface area contributed by atoms with E-state index < -0.39 is 0 Å². The molecule has 1 aliphatic carbocycles. The monoisotopic (exact) mass is 333 g/mol. The predicted molar refractivity (Wildman–Crippen MR) is 99.8 cm³/mol. The minimum Gasteiger partial charge on any atom is -0.497 e. The molecule has 0 saturated heterocycles. The van der Waals surface area contributed by atoms with E-state index in [0.717, 1.165) is 34.9 Å². The number of methoxy groups -OCH3 is 1. The largest absolute Gasteiger partial charge is 0.497 e. The number of ether oxygens (including phenoxy) is 1. The van der Waals surface area contributed by atoms with E-state index in [1.165, 1.54) is 31.3 Å². The highest BCUT2D eigenvalue weighted by Crippen LogP contribution is 2.31. The van der Waals surface area contributed by atoms with Crippen molar-refractivity contribution in [2.45, 2.75) is 32.1 Å². The van der Waals surface area contributed by atoms with Crippen molar-refractivity contribution >= 4 is 5.65 Å². The maximum Gasteiger partial charge on any atom is 0.156 e. The zero-order valence-electron chi connectivity index (χ0n) is 14.6. The molecule has 0 bridgehead atoms. The fourth-order valence-corrected chi connectivity index (χ4v) is 3.69. The van der Waals surface area contributed by atoms with Crippen LogP contribution in [0.1, 0.15) is 31.5 Å². The molecule has 4 nitrogen and oxygen atoms in total. The maximum atomic E-state index is 5.24. The molecule has 1 aliphatic rings. The number of hydrogen-bond donors (Lipinski definition) is 0. The van der Waals surface area contributed by atoms with E-state index >= 15 is 0 Å². The number of aromatic nitrogens is 3. The van der Waals surface area contributed by atoms with Crippen molar-refractivity contribution in [3.8, 4) is 17.0 Å². The topological polar surface area (TPSA) is 39.4 Å². The van der Waals surface area contributed by atoms with Gasteiger partial charge in [-0.1, -0.05) is 31.1 Å². The van der Waals surface area contributed by atoms with Crippen LogP contribution < -0.4 is 4.74 Å². The van der Waals surface area contributed by atoms with Gasteiger partial charge in [0, 0.05) is 12.0 Å². The SMILES string of the molecule is C=C(Cc1nc2cccc(-c3ccc(OC)cc3)n2n1)C1CCCC1. The lowest BCUT2D eigenvalue weighted by Gasteiger charge is -2.10.